The van der Waals surface area contributed by atoms with Crippen molar-refractivity contribution in [2.45, 2.75) is 18.5 Å². The number of aromatic nitrogens is 2. The van der Waals surface area contributed by atoms with Gasteiger partial charge in [-0.15, -0.1) is 0 Å². The summed E-state index contributed by atoms with van der Waals surface area (Å²) in [5, 5.41) is 9.57. The van der Waals surface area contributed by atoms with Crippen LogP contribution in [-0.2, 0) is 0 Å². The van der Waals surface area contributed by atoms with E-state index in [0.29, 0.717) is 6.33 Å². The van der Waals surface area contributed by atoms with Crippen LogP contribution in [0.4, 0.5) is 32.0 Å². The molecule has 112 valence electrons. The number of hydrogen-bond donors (Lipinski definition) is 0. The van der Waals surface area contributed by atoms with Gasteiger partial charge in [0.15, 0.2) is 0 Å². The lowest BCUT2D eigenvalue weighted by Crippen LogP contribution is -2.46. The topological polar surface area (TPSA) is 78.2 Å². The molecule has 0 spiro atoms. The van der Waals surface area contributed by atoms with E-state index >= 15 is 0 Å². The first-order valence-corrected chi connectivity index (χ1v) is 4.77. The molecule has 1 rings (SSSR count). The number of alkyl halides is 6. The van der Waals surface area contributed by atoms with Crippen molar-refractivity contribution in [2.75, 3.05) is 0 Å². The summed E-state index contributed by atoms with van der Waals surface area (Å²) in [6.45, 7) is 0. The quantitative estimate of drug-likeness (QED) is 0.369. The number of nitrogens with zero attached hydrogens (tertiary/aromatic N) is 3. The van der Waals surface area contributed by atoms with Crippen molar-refractivity contribution in [2.24, 2.45) is 0 Å². The molecule has 1 heterocycles. The molecule has 0 atom stereocenters. The predicted octanol–water partition coefficient (Wildman–Crippen LogP) is 2.91. The van der Waals surface area contributed by atoms with E-state index in [2.05, 4.69) is 14.7 Å². The van der Waals surface area contributed by atoms with Gasteiger partial charge in [0.25, 0.3) is 12.0 Å². The van der Waals surface area contributed by atoms with Crippen LogP contribution in [-0.4, -0.2) is 33.3 Å². The second kappa shape index (κ2) is 5.26. The second-order valence-electron chi connectivity index (χ2n) is 3.16. The van der Waals surface area contributed by atoms with E-state index in [1.54, 1.807) is 0 Å². The van der Waals surface area contributed by atoms with Crippen LogP contribution in [0.2, 0.25) is 5.15 Å². The Morgan fingerprint density at radius 1 is 1.20 bits per heavy atom. The molecule has 0 saturated carbocycles. The maximum Gasteiger partial charge on any atom is 0.434 e. The van der Waals surface area contributed by atoms with Crippen LogP contribution in [0.1, 0.15) is 0 Å². The maximum atomic E-state index is 12.2. The van der Waals surface area contributed by atoms with Gasteiger partial charge in [-0.25, -0.2) is 4.98 Å². The van der Waals surface area contributed by atoms with Crippen molar-refractivity contribution >= 4 is 17.3 Å². The first-order chi connectivity index (χ1) is 8.94. The number of rotatable bonds is 3. The Labute approximate surface area is 110 Å². The van der Waals surface area contributed by atoms with Crippen molar-refractivity contribution in [3.8, 4) is 5.88 Å². The molecular formula is C7H2ClF6N3O3. The van der Waals surface area contributed by atoms with E-state index < -0.39 is 40.1 Å². The molecule has 13 heteroatoms. The number of ether oxygens (including phenoxy) is 1. The summed E-state index contributed by atoms with van der Waals surface area (Å²) in [6.07, 6.45) is -15.5. The van der Waals surface area contributed by atoms with Gasteiger partial charge in [-0.1, -0.05) is 11.6 Å². The number of hydrogen-bond acceptors (Lipinski definition) is 5. The third-order valence-corrected chi connectivity index (χ3v) is 2.03. The maximum absolute atomic E-state index is 12.2. The standard InChI is InChI=1S/C7H2ClF6N3O3/c8-3-2(17(18)19)4(16-1-15-3)20-5(6(9,10)11)7(12,13)14/h1,5H. The molecular weight excluding hydrogens is 324 g/mol. The molecule has 0 radical (unpaired) electrons. The molecule has 0 aliphatic heterocycles. The predicted molar refractivity (Wildman–Crippen MR) is 50.2 cm³/mol. The van der Waals surface area contributed by atoms with E-state index in [0.717, 1.165) is 0 Å². The van der Waals surface area contributed by atoms with Gasteiger partial charge in [0.05, 0.1) is 4.92 Å². The van der Waals surface area contributed by atoms with Gasteiger partial charge in [0, 0.05) is 0 Å². The highest BCUT2D eigenvalue weighted by Crippen LogP contribution is 2.39. The monoisotopic (exact) mass is 325 g/mol. The summed E-state index contributed by atoms with van der Waals surface area (Å²) in [6, 6.07) is 0. The van der Waals surface area contributed by atoms with Crippen molar-refractivity contribution in [1.82, 2.24) is 9.97 Å². The fraction of sp³-hybridized carbons (Fsp3) is 0.429. The van der Waals surface area contributed by atoms with Crippen LogP contribution in [0.3, 0.4) is 0 Å². The van der Waals surface area contributed by atoms with Crippen LogP contribution < -0.4 is 4.74 Å². The molecule has 0 aliphatic rings. The highest BCUT2D eigenvalue weighted by atomic mass is 35.5. The lowest BCUT2D eigenvalue weighted by Gasteiger charge is -2.22. The minimum Gasteiger partial charge on any atom is -0.450 e. The van der Waals surface area contributed by atoms with Crippen LogP contribution in [0.5, 0.6) is 5.88 Å². The summed E-state index contributed by atoms with van der Waals surface area (Å²) in [5.74, 6) is -1.53. The Hall–Kier alpha value is -1.85. The Kier molecular flexibility index (Phi) is 4.27. The zero-order valence-electron chi connectivity index (χ0n) is 8.87. The summed E-state index contributed by atoms with van der Waals surface area (Å²) in [7, 11) is 0. The van der Waals surface area contributed by atoms with Gasteiger partial charge in [0.1, 0.15) is 6.33 Å². The first kappa shape index (κ1) is 16.2. The zero-order chi connectivity index (χ0) is 15.7. The Morgan fingerprint density at radius 3 is 2.10 bits per heavy atom. The van der Waals surface area contributed by atoms with Crippen molar-refractivity contribution in [3.05, 3.63) is 21.6 Å². The van der Waals surface area contributed by atoms with Crippen LogP contribution in [0.25, 0.3) is 0 Å². The van der Waals surface area contributed by atoms with Crippen molar-refractivity contribution in [1.29, 1.82) is 0 Å². The molecule has 6 nitrogen and oxygen atoms in total. The lowest BCUT2D eigenvalue weighted by atomic mass is 10.3. The summed E-state index contributed by atoms with van der Waals surface area (Å²) in [5.41, 5.74) is -1.40. The summed E-state index contributed by atoms with van der Waals surface area (Å²) < 4.78 is 77.1. The third-order valence-electron chi connectivity index (χ3n) is 1.75. The molecule has 0 amide bonds. The van der Waals surface area contributed by atoms with E-state index in [-0.39, 0.29) is 0 Å². The molecule has 1 aromatic rings. The van der Waals surface area contributed by atoms with Gasteiger partial charge < -0.3 is 4.74 Å². The highest BCUT2D eigenvalue weighted by molar-refractivity contribution is 6.31. The number of halogens is 7. The second-order valence-corrected chi connectivity index (χ2v) is 3.51. The van der Waals surface area contributed by atoms with E-state index in [1.807, 2.05) is 0 Å². The van der Waals surface area contributed by atoms with Gasteiger partial charge in [0.2, 0.25) is 5.15 Å². The molecule has 0 saturated heterocycles. The Morgan fingerprint density at radius 2 is 1.70 bits per heavy atom. The fourth-order valence-electron chi connectivity index (χ4n) is 1.01. The number of nitro groups is 1. The third kappa shape index (κ3) is 3.59. The van der Waals surface area contributed by atoms with Crippen molar-refractivity contribution in [3.63, 3.8) is 0 Å². The van der Waals surface area contributed by atoms with Crippen LogP contribution >= 0.6 is 11.6 Å². The minimum atomic E-state index is -5.84. The highest BCUT2D eigenvalue weighted by Gasteiger charge is 2.60. The fourth-order valence-corrected chi connectivity index (χ4v) is 1.21. The molecule has 0 aromatic carbocycles. The molecule has 0 unspecified atom stereocenters. The van der Waals surface area contributed by atoms with E-state index in [1.165, 1.54) is 0 Å². The Balaban J connectivity index is 3.26. The average molecular weight is 326 g/mol. The largest absolute Gasteiger partial charge is 0.450 e. The smallest absolute Gasteiger partial charge is 0.434 e. The molecule has 0 bridgehead atoms. The summed E-state index contributed by atoms with van der Waals surface area (Å²) >= 11 is 5.20. The summed E-state index contributed by atoms with van der Waals surface area (Å²) in [4.78, 5) is 15.1. The minimum absolute atomic E-state index is 0.425. The molecule has 0 aliphatic carbocycles. The van der Waals surface area contributed by atoms with Gasteiger partial charge in [-0.3, -0.25) is 10.1 Å². The van der Waals surface area contributed by atoms with Crippen LogP contribution in [0, 0.1) is 10.1 Å². The SMILES string of the molecule is O=[N+]([O-])c1c(Cl)ncnc1OC(C(F)(F)F)C(F)(F)F. The van der Waals surface area contributed by atoms with Crippen molar-refractivity contribution < 1.29 is 36.0 Å². The molecule has 0 N–H and O–H groups in total. The van der Waals surface area contributed by atoms with E-state index in [9.17, 15) is 36.5 Å². The molecule has 1 aromatic heterocycles. The lowest BCUT2D eigenvalue weighted by molar-refractivity contribution is -0.387. The van der Waals surface area contributed by atoms with Gasteiger partial charge >= 0.3 is 18.0 Å². The normalized spacial score (nSPS) is 12.6. The zero-order valence-corrected chi connectivity index (χ0v) is 9.62. The average Bonchev–Trinajstić information content (AvgIpc) is 2.22. The molecule has 20 heavy (non-hydrogen) atoms. The van der Waals surface area contributed by atoms with Gasteiger partial charge in [-0.2, -0.15) is 31.3 Å². The van der Waals surface area contributed by atoms with Crippen LogP contribution in [0.15, 0.2) is 6.33 Å². The first-order valence-electron chi connectivity index (χ1n) is 4.39. The molecule has 0 fully saturated rings. The van der Waals surface area contributed by atoms with Gasteiger partial charge in [-0.05, 0) is 0 Å². The Bertz CT molecular complexity index is 506. The van der Waals surface area contributed by atoms with E-state index in [4.69, 9.17) is 11.6 Å².